The van der Waals surface area contributed by atoms with Crippen LogP contribution < -0.4 is 5.73 Å². The largest absolute Gasteiger partial charge is 0.337 e. The highest BCUT2D eigenvalue weighted by Gasteiger charge is 2.27. The van der Waals surface area contributed by atoms with Crippen molar-refractivity contribution in [3.8, 4) is 11.4 Å². The maximum Gasteiger partial charge on any atom is 0.244 e. The predicted octanol–water partition coefficient (Wildman–Crippen LogP) is 2.78. The molecule has 0 amide bonds. The zero-order chi connectivity index (χ0) is 12.5. The third-order valence-electron chi connectivity index (χ3n) is 2.67. The van der Waals surface area contributed by atoms with Crippen LogP contribution >= 0.6 is 0 Å². The van der Waals surface area contributed by atoms with Gasteiger partial charge in [-0.2, -0.15) is 4.98 Å². The number of nitrogens with two attached hydrogens (primary N) is 1. The number of nitrogens with zero attached hydrogens (tertiary/aromatic N) is 2. The van der Waals surface area contributed by atoms with Crippen molar-refractivity contribution in [1.82, 2.24) is 10.1 Å². The maximum absolute atomic E-state index is 6.07. The minimum atomic E-state index is -0.257. The van der Waals surface area contributed by atoms with Gasteiger partial charge in [-0.25, -0.2) is 0 Å². The molecule has 4 heteroatoms. The first kappa shape index (κ1) is 11.8. The van der Waals surface area contributed by atoms with Gasteiger partial charge in [0, 0.05) is 5.56 Å². The van der Waals surface area contributed by atoms with Crippen LogP contribution in [0, 0.1) is 5.41 Å². The second kappa shape index (κ2) is 4.30. The van der Waals surface area contributed by atoms with E-state index in [0.717, 1.165) is 5.56 Å². The third-order valence-corrected chi connectivity index (χ3v) is 2.67. The van der Waals surface area contributed by atoms with Gasteiger partial charge in [0.15, 0.2) is 0 Å². The first-order valence-electron chi connectivity index (χ1n) is 5.63. The Morgan fingerprint density at radius 3 is 2.41 bits per heavy atom. The summed E-state index contributed by atoms with van der Waals surface area (Å²) in [5.74, 6) is 1.07. The Kier molecular flexibility index (Phi) is 2.98. The number of benzene rings is 1. The highest BCUT2D eigenvalue weighted by molar-refractivity contribution is 5.53. The molecule has 0 bridgehead atoms. The third kappa shape index (κ3) is 2.53. The van der Waals surface area contributed by atoms with Crippen LogP contribution in [-0.2, 0) is 0 Å². The first-order chi connectivity index (χ1) is 7.98. The Labute approximate surface area is 101 Å². The number of hydrogen-bond donors (Lipinski definition) is 1. The van der Waals surface area contributed by atoms with Crippen molar-refractivity contribution in [1.29, 1.82) is 0 Å². The van der Waals surface area contributed by atoms with Crippen molar-refractivity contribution < 1.29 is 4.52 Å². The Hall–Kier alpha value is -1.68. The molecule has 0 fully saturated rings. The van der Waals surface area contributed by atoms with Crippen molar-refractivity contribution in [2.75, 3.05) is 0 Å². The summed E-state index contributed by atoms with van der Waals surface area (Å²) in [5, 5.41) is 3.95. The second-order valence-electron chi connectivity index (χ2n) is 5.17. The summed E-state index contributed by atoms with van der Waals surface area (Å²) in [5.41, 5.74) is 6.90. The van der Waals surface area contributed by atoms with Gasteiger partial charge in [-0.3, -0.25) is 0 Å². The Morgan fingerprint density at radius 2 is 1.82 bits per heavy atom. The van der Waals surface area contributed by atoms with E-state index in [2.05, 4.69) is 10.1 Å². The average molecular weight is 231 g/mol. The fourth-order valence-corrected chi connectivity index (χ4v) is 1.44. The van der Waals surface area contributed by atoms with Gasteiger partial charge in [0.05, 0.1) is 6.04 Å². The molecule has 1 aromatic heterocycles. The molecule has 4 nitrogen and oxygen atoms in total. The second-order valence-corrected chi connectivity index (χ2v) is 5.17. The van der Waals surface area contributed by atoms with Crippen molar-refractivity contribution in [2.24, 2.45) is 11.1 Å². The van der Waals surface area contributed by atoms with Crippen LogP contribution in [-0.4, -0.2) is 10.1 Å². The van der Waals surface area contributed by atoms with Crippen molar-refractivity contribution in [3.05, 3.63) is 36.2 Å². The lowest BCUT2D eigenvalue weighted by Crippen LogP contribution is -2.26. The summed E-state index contributed by atoms with van der Waals surface area (Å²) in [7, 11) is 0. The zero-order valence-electron chi connectivity index (χ0n) is 10.3. The van der Waals surface area contributed by atoms with Crippen LogP contribution in [0.15, 0.2) is 34.9 Å². The molecule has 0 spiro atoms. The van der Waals surface area contributed by atoms with Crippen LogP contribution in [0.25, 0.3) is 11.4 Å². The minimum absolute atomic E-state index is 0.0967. The summed E-state index contributed by atoms with van der Waals surface area (Å²) >= 11 is 0. The highest BCUT2D eigenvalue weighted by Crippen LogP contribution is 2.30. The monoisotopic (exact) mass is 231 g/mol. The molecule has 1 aromatic carbocycles. The van der Waals surface area contributed by atoms with Gasteiger partial charge in [-0.15, -0.1) is 0 Å². The molecule has 0 saturated carbocycles. The fourth-order valence-electron chi connectivity index (χ4n) is 1.44. The fraction of sp³-hybridized carbons (Fsp3) is 0.385. The standard InChI is InChI=1S/C13H17N3O/c1-13(2,3)10(14)12-15-11(16-17-12)9-7-5-4-6-8-9/h4-8,10H,14H2,1-3H3/t10-/m1/s1. The summed E-state index contributed by atoms with van der Waals surface area (Å²) in [6.45, 7) is 6.14. The summed E-state index contributed by atoms with van der Waals surface area (Å²) in [6, 6.07) is 9.46. The highest BCUT2D eigenvalue weighted by atomic mass is 16.5. The average Bonchev–Trinajstić information content (AvgIpc) is 2.77. The Morgan fingerprint density at radius 1 is 1.18 bits per heavy atom. The molecular formula is C13H17N3O. The molecule has 0 aliphatic heterocycles. The Balaban J connectivity index is 2.28. The van der Waals surface area contributed by atoms with E-state index in [1.165, 1.54) is 0 Å². The lowest BCUT2D eigenvalue weighted by molar-refractivity contribution is 0.253. The van der Waals surface area contributed by atoms with E-state index in [1.54, 1.807) is 0 Å². The molecule has 1 atom stereocenters. The molecule has 0 aliphatic rings. The molecule has 2 N–H and O–H groups in total. The van der Waals surface area contributed by atoms with Crippen LogP contribution in [0.2, 0.25) is 0 Å². The Bertz CT molecular complexity index is 485. The van der Waals surface area contributed by atoms with E-state index < -0.39 is 0 Å². The van der Waals surface area contributed by atoms with Gasteiger partial charge in [0.1, 0.15) is 0 Å². The zero-order valence-corrected chi connectivity index (χ0v) is 10.3. The first-order valence-corrected chi connectivity index (χ1v) is 5.63. The van der Waals surface area contributed by atoms with E-state index in [-0.39, 0.29) is 11.5 Å². The van der Waals surface area contributed by atoms with Crippen LogP contribution in [0.4, 0.5) is 0 Å². The smallest absolute Gasteiger partial charge is 0.244 e. The lowest BCUT2D eigenvalue weighted by atomic mass is 9.87. The quantitative estimate of drug-likeness (QED) is 0.863. The van der Waals surface area contributed by atoms with Crippen LogP contribution in [0.1, 0.15) is 32.7 Å². The molecule has 0 unspecified atom stereocenters. The van der Waals surface area contributed by atoms with E-state index in [4.69, 9.17) is 10.3 Å². The molecule has 1 heterocycles. The molecule has 0 aliphatic carbocycles. The van der Waals surface area contributed by atoms with E-state index >= 15 is 0 Å². The van der Waals surface area contributed by atoms with Gasteiger partial charge >= 0.3 is 0 Å². The predicted molar refractivity (Wildman–Crippen MR) is 66.1 cm³/mol. The van der Waals surface area contributed by atoms with E-state index in [9.17, 15) is 0 Å². The van der Waals surface area contributed by atoms with Crippen molar-refractivity contribution >= 4 is 0 Å². The lowest BCUT2D eigenvalue weighted by Gasteiger charge is -2.23. The number of rotatable bonds is 2. The van der Waals surface area contributed by atoms with Gasteiger partial charge in [-0.05, 0) is 5.41 Å². The van der Waals surface area contributed by atoms with E-state index in [0.29, 0.717) is 11.7 Å². The molecule has 90 valence electrons. The summed E-state index contributed by atoms with van der Waals surface area (Å²) in [4.78, 5) is 4.34. The van der Waals surface area contributed by atoms with Gasteiger partial charge < -0.3 is 10.3 Å². The van der Waals surface area contributed by atoms with Crippen molar-refractivity contribution in [3.63, 3.8) is 0 Å². The van der Waals surface area contributed by atoms with Gasteiger partial charge in [0.2, 0.25) is 11.7 Å². The molecular weight excluding hydrogens is 214 g/mol. The molecule has 17 heavy (non-hydrogen) atoms. The molecule has 0 saturated heterocycles. The number of aromatic nitrogens is 2. The maximum atomic E-state index is 6.07. The van der Waals surface area contributed by atoms with Gasteiger partial charge in [-0.1, -0.05) is 56.3 Å². The van der Waals surface area contributed by atoms with E-state index in [1.807, 2.05) is 51.1 Å². The van der Waals surface area contributed by atoms with Gasteiger partial charge in [0.25, 0.3) is 0 Å². The normalized spacial score (nSPS) is 13.6. The summed E-state index contributed by atoms with van der Waals surface area (Å²) < 4.78 is 5.22. The summed E-state index contributed by atoms with van der Waals surface area (Å²) in [6.07, 6.45) is 0. The number of hydrogen-bond acceptors (Lipinski definition) is 4. The molecule has 2 rings (SSSR count). The molecule has 0 radical (unpaired) electrons. The van der Waals surface area contributed by atoms with Crippen LogP contribution in [0.3, 0.4) is 0 Å². The topological polar surface area (TPSA) is 64.9 Å². The SMILES string of the molecule is CC(C)(C)[C@H](N)c1nc(-c2ccccc2)no1. The van der Waals surface area contributed by atoms with Crippen molar-refractivity contribution in [2.45, 2.75) is 26.8 Å². The van der Waals surface area contributed by atoms with Crippen LogP contribution in [0.5, 0.6) is 0 Å². The molecule has 2 aromatic rings. The minimum Gasteiger partial charge on any atom is -0.337 e.